The number of hydrogen-bond donors (Lipinski definition) is 0. The minimum atomic E-state index is -1.46. The van der Waals surface area contributed by atoms with Gasteiger partial charge < -0.3 is 9.47 Å². The zero-order valence-electron chi connectivity index (χ0n) is 18.1. The van der Waals surface area contributed by atoms with Crippen molar-refractivity contribution in [2.75, 3.05) is 0 Å². The zero-order chi connectivity index (χ0) is 22.7. The maximum absolute atomic E-state index is 14.1. The zero-order valence-corrected chi connectivity index (χ0v) is 18.9. The van der Waals surface area contributed by atoms with Crippen LogP contribution in [-0.2, 0) is 16.0 Å². The molecule has 1 atom stereocenters. The second-order valence-corrected chi connectivity index (χ2v) is 9.83. The van der Waals surface area contributed by atoms with E-state index in [-0.39, 0.29) is 12.2 Å². The van der Waals surface area contributed by atoms with Crippen LogP contribution in [0.4, 0.5) is 0 Å². The molecule has 162 valence electrons. The molecule has 0 N–H and O–H groups in total. The summed E-state index contributed by atoms with van der Waals surface area (Å²) in [6, 6.07) is 20.3. The fourth-order valence-electron chi connectivity index (χ4n) is 4.88. The molecule has 3 aromatic carbocycles. The molecule has 0 unspecified atom stereocenters. The fraction of sp³-hybridized carbons (Fsp3) is 0.259. The van der Waals surface area contributed by atoms with Gasteiger partial charge in [-0.3, -0.25) is 9.59 Å². The summed E-state index contributed by atoms with van der Waals surface area (Å²) in [4.78, 5) is 28.0. The third-order valence-corrected chi connectivity index (χ3v) is 6.36. The summed E-state index contributed by atoms with van der Waals surface area (Å²) in [5.41, 5.74) is 0.655. The lowest BCUT2D eigenvalue weighted by Gasteiger charge is -2.39. The smallest absolute Gasteiger partial charge is 0.321 e. The third-order valence-electron chi connectivity index (χ3n) is 6.12. The van der Waals surface area contributed by atoms with Gasteiger partial charge in [0.1, 0.15) is 22.5 Å². The Labute approximate surface area is 192 Å². The standard InChI is InChI=1S/C27H23ClO4/c1-26(2,3)32-25(30)27(15-16-14-17(28)12-13-18(16)24(27)29)23-19-8-4-6-10-21(19)31-22-11-7-5-9-20(22)23/h4-14,23H,15H2,1-3H3/t27-/m1/s1. The van der Waals surface area contributed by atoms with Crippen LogP contribution in [0.1, 0.15) is 53.7 Å². The molecule has 32 heavy (non-hydrogen) atoms. The van der Waals surface area contributed by atoms with Crippen LogP contribution in [0.5, 0.6) is 11.5 Å². The van der Waals surface area contributed by atoms with E-state index < -0.39 is 22.9 Å². The van der Waals surface area contributed by atoms with Gasteiger partial charge in [0.05, 0.1) is 0 Å². The first kappa shape index (κ1) is 20.8. The van der Waals surface area contributed by atoms with Gasteiger partial charge in [0, 0.05) is 27.6 Å². The molecule has 0 bridgehead atoms. The highest BCUT2D eigenvalue weighted by Gasteiger charge is 2.60. The van der Waals surface area contributed by atoms with Crippen molar-refractivity contribution in [2.45, 2.75) is 38.7 Å². The van der Waals surface area contributed by atoms with Gasteiger partial charge in [-0.2, -0.15) is 0 Å². The summed E-state index contributed by atoms with van der Waals surface area (Å²) in [6.45, 7) is 5.44. The summed E-state index contributed by atoms with van der Waals surface area (Å²) in [6.07, 6.45) is 0.212. The highest BCUT2D eigenvalue weighted by atomic mass is 35.5. The number of rotatable bonds is 2. The van der Waals surface area contributed by atoms with Gasteiger partial charge in [-0.05, 0) is 63.1 Å². The predicted molar refractivity (Wildman–Crippen MR) is 123 cm³/mol. The second kappa shape index (κ2) is 7.21. The summed E-state index contributed by atoms with van der Waals surface area (Å²) >= 11 is 6.25. The van der Waals surface area contributed by atoms with Crippen LogP contribution >= 0.6 is 11.6 Å². The van der Waals surface area contributed by atoms with Crippen LogP contribution in [0, 0.1) is 5.41 Å². The van der Waals surface area contributed by atoms with E-state index in [0.29, 0.717) is 22.1 Å². The Morgan fingerprint density at radius 3 is 2.19 bits per heavy atom. The number of para-hydroxylation sites is 2. The molecule has 1 aliphatic carbocycles. The average molecular weight is 447 g/mol. The Morgan fingerprint density at radius 1 is 1.00 bits per heavy atom. The predicted octanol–water partition coefficient (Wildman–Crippen LogP) is 6.34. The molecule has 0 saturated heterocycles. The maximum atomic E-state index is 14.1. The lowest BCUT2D eigenvalue weighted by molar-refractivity contribution is -0.165. The first-order valence-electron chi connectivity index (χ1n) is 10.6. The van der Waals surface area contributed by atoms with Gasteiger partial charge in [-0.15, -0.1) is 0 Å². The van der Waals surface area contributed by atoms with E-state index in [0.717, 1.165) is 16.7 Å². The number of benzene rings is 3. The van der Waals surface area contributed by atoms with E-state index in [9.17, 15) is 9.59 Å². The number of ether oxygens (including phenoxy) is 2. The average Bonchev–Trinajstić information content (AvgIpc) is 3.03. The molecule has 5 heteroatoms. The van der Waals surface area contributed by atoms with Crippen molar-refractivity contribution in [2.24, 2.45) is 5.41 Å². The first-order valence-corrected chi connectivity index (χ1v) is 11.0. The summed E-state index contributed by atoms with van der Waals surface area (Å²) in [7, 11) is 0. The number of fused-ring (bicyclic) bond motifs is 3. The summed E-state index contributed by atoms with van der Waals surface area (Å²) < 4.78 is 12.0. The van der Waals surface area contributed by atoms with E-state index in [1.54, 1.807) is 18.2 Å². The molecule has 2 aliphatic rings. The van der Waals surface area contributed by atoms with Crippen molar-refractivity contribution in [1.82, 2.24) is 0 Å². The number of hydrogen-bond acceptors (Lipinski definition) is 4. The fourth-order valence-corrected chi connectivity index (χ4v) is 5.07. The topological polar surface area (TPSA) is 52.6 Å². The van der Waals surface area contributed by atoms with E-state index in [4.69, 9.17) is 21.1 Å². The van der Waals surface area contributed by atoms with E-state index >= 15 is 0 Å². The van der Waals surface area contributed by atoms with E-state index in [2.05, 4.69) is 0 Å². The number of ketones is 1. The van der Waals surface area contributed by atoms with Gasteiger partial charge in [0.15, 0.2) is 5.78 Å². The van der Waals surface area contributed by atoms with E-state index in [1.807, 2.05) is 69.3 Å². The van der Waals surface area contributed by atoms with Crippen LogP contribution in [0.3, 0.4) is 0 Å². The quantitative estimate of drug-likeness (QED) is 0.340. The van der Waals surface area contributed by atoms with Gasteiger partial charge in [-0.25, -0.2) is 0 Å². The van der Waals surface area contributed by atoms with Crippen LogP contribution in [-0.4, -0.2) is 17.4 Å². The highest BCUT2D eigenvalue weighted by Crippen LogP contribution is 2.57. The molecule has 0 radical (unpaired) electrons. The Kier molecular flexibility index (Phi) is 4.68. The SMILES string of the molecule is CC(C)(C)OC(=O)[C@@]1(C2c3ccccc3Oc3ccccc32)Cc2cc(Cl)ccc2C1=O. The Hall–Kier alpha value is -3.11. The number of Topliss-reactive ketones (excluding diaryl/α,β-unsaturated/α-hetero) is 1. The lowest BCUT2D eigenvalue weighted by atomic mass is 9.65. The monoisotopic (exact) mass is 446 g/mol. The van der Waals surface area contributed by atoms with Crippen LogP contribution in [0.2, 0.25) is 5.02 Å². The highest BCUT2D eigenvalue weighted by molar-refractivity contribution is 6.31. The Bertz CT molecular complexity index is 1210. The molecule has 0 amide bonds. The molecule has 0 aromatic heterocycles. The largest absolute Gasteiger partial charge is 0.459 e. The molecule has 1 heterocycles. The van der Waals surface area contributed by atoms with Gasteiger partial charge in [-0.1, -0.05) is 48.0 Å². The molecule has 1 aliphatic heterocycles. The Balaban J connectivity index is 1.79. The molecule has 0 spiro atoms. The summed E-state index contributed by atoms with van der Waals surface area (Å²) in [5.74, 6) is -0.0484. The molecular weight excluding hydrogens is 424 g/mol. The number of carbonyl (C=O) groups excluding carboxylic acids is 2. The minimum absolute atomic E-state index is 0.212. The van der Waals surface area contributed by atoms with Crippen molar-refractivity contribution in [3.63, 3.8) is 0 Å². The molecule has 0 saturated carbocycles. The minimum Gasteiger partial charge on any atom is -0.459 e. The van der Waals surface area contributed by atoms with Crippen molar-refractivity contribution >= 4 is 23.4 Å². The molecule has 0 fully saturated rings. The molecule has 5 rings (SSSR count). The summed E-state index contributed by atoms with van der Waals surface area (Å²) in [5, 5.41) is 0.532. The number of esters is 1. The van der Waals surface area contributed by atoms with Crippen LogP contribution in [0.15, 0.2) is 66.7 Å². The van der Waals surface area contributed by atoms with Crippen molar-refractivity contribution in [1.29, 1.82) is 0 Å². The Morgan fingerprint density at radius 2 is 1.59 bits per heavy atom. The van der Waals surface area contributed by atoms with Crippen molar-refractivity contribution in [3.05, 3.63) is 94.0 Å². The molecule has 4 nitrogen and oxygen atoms in total. The van der Waals surface area contributed by atoms with Crippen LogP contribution < -0.4 is 4.74 Å². The molecular formula is C27H23ClO4. The molecule has 3 aromatic rings. The number of carbonyl (C=O) groups is 2. The van der Waals surface area contributed by atoms with Crippen LogP contribution in [0.25, 0.3) is 0 Å². The number of halogens is 1. The lowest BCUT2D eigenvalue weighted by Crippen LogP contribution is -2.47. The van der Waals surface area contributed by atoms with Crippen molar-refractivity contribution in [3.8, 4) is 11.5 Å². The third kappa shape index (κ3) is 3.13. The maximum Gasteiger partial charge on any atom is 0.321 e. The van der Waals surface area contributed by atoms with Crippen molar-refractivity contribution < 1.29 is 19.1 Å². The van der Waals surface area contributed by atoms with E-state index in [1.165, 1.54) is 0 Å². The van der Waals surface area contributed by atoms with Gasteiger partial charge >= 0.3 is 5.97 Å². The van der Waals surface area contributed by atoms with Gasteiger partial charge in [0.2, 0.25) is 0 Å². The second-order valence-electron chi connectivity index (χ2n) is 9.39. The normalized spacial score (nSPS) is 19.6. The first-order chi connectivity index (χ1) is 15.2. The van der Waals surface area contributed by atoms with Gasteiger partial charge in [0.25, 0.3) is 0 Å².